The van der Waals surface area contributed by atoms with E-state index in [0.29, 0.717) is 66.9 Å². The second kappa shape index (κ2) is 31.0. The molecular formula is C63H66F3N25O7. The third kappa shape index (κ3) is 15.5. The summed E-state index contributed by atoms with van der Waals surface area (Å²) >= 11 is 0. The maximum absolute atomic E-state index is 14.2. The quantitative estimate of drug-likeness (QED) is 0.0430. The minimum atomic E-state index is -0.756. The number of rotatable bonds is 13. The van der Waals surface area contributed by atoms with Crippen LogP contribution in [0.25, 0.3) is 67.7 Å². The van der Waals surface area contributed by atoms with Gasteiger partial charge in [-0.15, -0.1) is 0 Å². The topological polar surface area (TPSA) is 443 Å². The monoisotopic (exact) mass is 1340 g/mol. The molecule has 32 nitrogen and oxygen atoms in total. The number of pyridine rings is 3. The van der Waals surface area contributed by atoms with Crippen molar-refractivity contribution in [2.24, 2.45) is 0 Å². The van der Waals surface area contributed by atoms with Crippen molar-refractivity contribution in [1.82, 2.24) is 79.1 Å². The number of benzene rings is 3. The van der Waals surface area contributed by atoms with Gasteiger partial charge in [0.2, 0.25) is 6.41 Å². The number of carbonyl (C=O) groups is 4. The Hall–Kier alpha value is -13.4. The Morgan fingerprint density at radius 2 is 0.745 bits per heavy atom. The Morgan fingerprint density at radius 3 is 1.01 bits per heavy atom. The number of anilines is 9. The molecule has 506 valence electrons. The number of amides is 4. The molecule has 98 heavy (non-hydrogen) atoms. The molecule has 12 rings (SSSR count). The molecule has 12 aromatic rings. The number of nitrogens with zero attached hydrogens (tertiary/aromatic N) is 18. The van der Waals surface area contributed by atoms with Gasteiger partial charge in [0.1, 0.15) is 51.6 Å². The molecule has 0 saturated heterocycles. The van der Waals surface area contributed by atoms with E-state index in [1.165, 1.54) is 58.5 Å². The first-order chi connectivity index (χ1) is 46.5. The van der Waals surface area contributed by atoms with Crippen molar-refractivity contribution in [2.75, 3.05) is 99.0 Å². The predicted octanol–water partition coefficient (Wildman–Crippen LogP) is 7.64. The smallest absolute Gasteiger partial charge is 0.413 e. The van der Waals surface area contributed by atoms with Crippen molar-refractivity contribution in [3.05, 3.63) is 162 Å². The average molecular weight is 1340 g/mol. The maximum Gasteiger partial charge on any atom is 0.413 e. The van der Waals surface area contributed by atoms with E-state index in [-0.39, 0.29) is 114 Å². The van der Waals surface area contributed by atoms with Gasteiger partial charge in [0.25, 0.3) is 0 Å². The Labute approximate surface area is 556 Å². The van der Waals surface area contributed by atoms with E-state index in [0.717, 1.165) is 16.2 Å². The van der Waals surface area contributed by atoms with Crippen molar-refractivity contribution in [2.45, 2.75) is 27.1 Å². The lowest BCUT2D eigenvalue weighted by molar-refractivity contribution is -0.115. The summed E-state index contributed by atoms with van der Waals surface area (Å²) in [5.74, 6) is -0.754. The number of fused-ring (bicyclic) bond motifs is 3. The lowest BCUT2D eigenvalue weighted by atomic mass is 10.2. The van der Waals surface area contributed by atoms with Gasteiger partial charge < -0.3 is 53.5 Å². The van der Waals surface area contributed by atoms with Gasteiger partial charge in [-0.2, -0.15) is 15.3 Å². The number of nitrogen functional groups attached to an aromatic ring is 6. The molecular weight excluding hydrogens is 1280 g/mol. The van der Waals surface area contributed by atoms with E-state index in [4.69, 9.17) is 34.4 Å². The first kappa shape index (κ1) is 70.5. The van der Waals surface area contributed by atoms with Crippen LogP contribution < -0.4 is 49.5 Å². The number of hydrogen-bond acceptors (Lipinski definition) is 25. The largest absolute Gasteiger partial charge is 0.453 e. The Bertz CT molecular complexity index is 4630. The molecule has 9 aromatic heterocycles. The molecule has 0 bridgehead atoms. The summed E-state index contributed by atoms with van der Waals surface area (Å²) in [4.78, 5) is 86.9. The van der Waals surface area contributed by atoms with Crippen molar-refractivity contribution < 1.29 is 46.6 Å². The molecule has 0 aliphatic rings. The highest BCUT2D eigenvalue weighted by atomic mass is 19.1. The third-order valence-corrected chi connectivity index (χ3v) is 14.0. The molecule has 3 aromatic carbocycles. The minimum absolute atomic E-state index is 0. The summed E-state index contributed by atoms with van der Waals surface area (Å²) in [7, 11) is 9.95. The standard InChI is InChI=1S/2C20H19FN8O2.C19H17FN8O2.C3H7NO.CH4/c2*1-28(20(30)31-2)15-16(22)25-18(26-17(15)23)14-12-7-5-9-24-19(12)29(27-14)10-11-6-3-4-8-13(11)21;1-30-19(29)24-14-15(21)25-17(26-16(14)22)13-11-6-4-8-23-18(11)28(27-13)9-10-5-2-3-7-12(10)20;1-4(2)3-5;/h2*3-9H,10H2,1-2H3,(H4,22,23,25,26);2-8H,9H2,1H3,(H,24,29)(H4,21,22,25,26);3H,1-2H3;1H4. The van der Waals surface area contributed by atoms with Gasteiger partial charge in [-0.1, -0.05) is 62.0 Å². The summed E-state index contributed by atoms with van der Waals surface area (Å²) in [6.45, 7) is 0.482. The van der Waals surface area contributed by atoms with Crippen LogP contribution in [0.4, 0.5) is 79.5 Å². The van der Waals surface area contributed by atoms with Gasteiger partial charge >= 0.3 is 18.3 Å². The number of aromatic nitrogens is 15. The fraction of sp³-hybridized carbons (Fsp3) is 0.175. The zero-order valence-corrected chi connectivity index (χ0v) is 52.8. The molecule has 0 unspecified atom stereocenters. The normalized spacial score (nSPS) is 10.6. The second-order valence-corrected chi connectivity index (χ2v) is 20.7. The minimum Gasteiger partial charge on any atom is -0.453 e. The van der Waals surface area contributed by atoms with E-state index in [1.807, 2.05) is 0 Å². The molecule has 0 atom stereocenters. The van der Waals surface area contributed by atoms with Crippen molar-refractivity contribution >= 4 is 110 Å². The summed E-state index contributed by atoms with van der Waals surface area (Å²) in [5.41, 5.74) is 40.6. The molecule has 0 spiro atoms. The number of ether oxygens (including phenoxy) is 3. The highest BCUT2D eigenvalue weighted by Crippen LogP contribution is 2.35. The first-order valence-electron chi connectivity index (χ1n) is 28.6. The predicted molar refractivity (Wildman–Crippen MR) is 363 cm³/mol. The molecule has 0 radical (unpaired) electrons. The number of nitrogens with one attached hydrogen (secondary N) is 1. The highest BCUT2D eigenvalue weighted by molar-refractivity contribution is 5.98. The van der Waals surface area contributed by atoms with Crippen LogP contribution >= 0.6 is 0 Å². The number of carbonyl (C=O) groups excluding carboxylic acids is 4. The average Bonchev–Trinajstić information content (AvgIpc) is 1.66. The van der Waals surface area contributed by atoms with Crippen molar-refractivity contribution in [3.63, 3.8) is 0 Å². The van der Waals surface area contributed by atoms with Crippen molar-refractivity contribution in [1.29, 1.82) is 0 Å². The molecule has 0 aliphatic heterocycles. The summed E-state index contributed by atoms with van der Waals surface area (Å²) < 4.78 is 61.0. The van der Waals surface area contributed by atoms with Crippen LogP contribution in [0.1, 0.15) is 24.1 Å². The molecule has 4 amide bonds. The zero-order chi connectivity index (χ0) is 69.8. The van der Waals surface area contributed by atoms with Crippen LogP contribution in [0, 0.1) is 17.5 Å². The zero-order valence-electron chi connectivity index (χ0n) is 52.8. The SMILES string of the molecule is C.CN(C)C=O.COC(=O)N(C)c1c(N)nc(-c2nn(Cc3ccccc3F)c3ncccc23)nc1N.COC(=O)N(C)c1c(N)nc(-c2nn(Cc3ccccc3F)c3ncccc23)nc1N.COC(=O)Nc1c(N)nc(-c2nn(Cc3ccccc3F)c3ncccc23)nc1N. The highest BCUT2D eigenvalue weighted by Gasteiger charge is 2.27. The molecule has 9 heterocycles. The number of halogens is 3. The van der Waals surface area contributed by atoms with Gasteiger partial charge in [-0.25, -0.2) is 86.5 Å². The first-order valence-corrected chi connectivity index (χ1v) is 28.6. The maximum atomic E-state index is 14.2. The second-order valence-electron chi connectivity index (χ2n) is 20.7. The van der Waals surface area contributed by atoms with Crippen LogP contribution in [0.3, 0.4) is 0 Å². The summed E-state index contributed by atoms with van der Waals surface area (Å²) in [6, 6.07) is 29.9. The fourth-order valence-corrected chi connectivity index (χ4v) is 9.44. The number of hydrogen-bond donors (Lipinski definition) is 7. The van der Waals surface area contributed by atoms with E-state index in [1.54, 1.807) is 138 Å². The molecule has 0 fully saturated rings. The van der Waals surface area contributed by atoms with Crippen LogP contribution in [0.15, 0.2) is 128 Å². The lowest BCUT2D eigenvalue weighted by Crippen LogP contribution is -2.28. The molecule has 35 heteroatoms. The molecule has 13 N–H and O–H groups in total. The molecule has 0 aliphatic carbocycles. The van der Waals surface area contributed by atoms with Crippen LogP contribution in [0.2, 0.25) is 0 Å². The van der Waals surface area contributed by atoms with E-state index < -0.39 is 18.3 Å². The summed E-state index contributed by atoms with van der Waals surface area (Å²) in [6.07, 6.45) is 3.50. The van der Waals surface area contributed by atoms with Gasteiger partial charge in [0.15, 0.2) is 69.3 Å². The van der Waals surface area contributed by atoms with Crippen molar-refractivity contribution in [3.8, 4) is 34.6 Å². The fourth-order valence-electron chi connectivity index (χ4n) is 9.44. The lowest BCUT2D eigenvalue weighted by Gasteiger charge is -2.18. The summed E-state index contributed by atoms with van der Waals surface area (Å²) in [5, 5.41) is 17.9. The van der Waals surface area contributed by atoms with Crippen LogP contribution in [-0.4, -0.2) is 153 Å². The van der Waals surface area contributed by atoms with Crippen LogP contribution in [0.5, 0.6) is 0 Å². The van der Waals surface area contributed by atoms with E-state index in [9.17, 15) is 32.3 Å². The number of nitrogens with two attached hydrogens (primary N) is 6. The van der Waals surface area contributed by atoms with E-state index >= 15 is 0 Å². The Balaban J connectivity index is 0.000000180. The van der Waals surface area contributed by atoms with Gasteiger partial charge in [-0.3, -0.25) is 19.9 Å². The Kier molecular flexibility index (Phi) is 22.3. The third-order valence-electron chi connectivity index (χ3n) is 14.0. The molecule has 0 saturated carbocycles. The van der Waals surface area contributed by atoms with Gasteiger partial charge in [0.05, 0.1) is 57.1 Å². The van der Waals surface area contributed by atoms with Gasteiger partial charge in [0, 0.05) is 63.5 Å². The number of methoxy groups -OCH3 is 3. The van der Waals surface area contributed by atoms with E-state index in [2.05, 4.69) is 79.7 Å². The Morgan fingerprint density at radius 1 is 0.459 bits per heavy atom. The van der Waals surface area contributed by atoms with Crippen LogP contribution in [-0.2, 0) is 38.6 Å². The van der Waals surface area contributed by atoms with Gasteiger partial charge in [-0.05, 0) is 54.6 Å².